The molecule has 0 radical (unpaired) electrons. The maximum absolute atomic E-state index is 5.68. The second kappa shape index (κ2) is 15.7. The lowest BCUT2D eigenvalue weighted by Gasteiger charge is -2.28. The number of nitrogens with zero attached hydrogens (tertiary/aromatic N) is 4. The highest BCUT2D eigenvalue weighted by atomic mass is 32.1. The topological polar surface area (TPSA) is 35.6 Å². The third-order valence-corrected chi connectivity index (χ3v) is 16.9. The van der Waals surface area contributed by atoms with E-state index >= 15 is 0 Å². The Morgan fingerprint density at radius 2 is 1.04 bits per heavy atom. The standard InChI is InChI=1S/C68H42N4S/c1-3-17-46-43(15-1)37-55(50-21-7-5-19-48(46)50)60-40-61(56-38-44-16-2-4-18-47(44)49-20-6-8-22-51(49)56)70-68(69-60)72-63-27-13-10-24-53(63)58-36-42(30-33-65(58)72)41-29-32-64-57(35-41)52-23-9-12-26-62(52)71(64)45-31-34-67-59(39-45)54-25-11-14-28-66(54)73-67/h1-40,50,55H/t50?,55-/m0/s1. The summed E-state index contributed by atoms with van der Waals surface area (Å²) in [5, 5.41) is 14.7. The Labute approximate surface area is 423 Å². The Balaban J connectivity index is 0.891. The minimum atomic E-state index is -0.0164. The van der Waals surface area contributed by atoms with E-state index in [1.807, 2.05) is 11.3 Å². The summed E-state index contributed by atoms with van der Waals surface area (Å²) < 4.78 is 7.36. The van der Waals surface area contributed by atoms with E-state index in [2.05, 4.69) is 252 Å². The SMILES string of the molecule is C1=CC2=c3ccccc3=C[C@H](c3cc(-c4cc5ccccc5c5ccccc45)nc(-n4c5ccccc5c5cc(-c6ccc7c(c6)c6ccccc6n7-c6ccc7sc8ccccc8c7c6)ccc54)n3)C2C=C1. The van der Waals surface area contributed by atoms with Crippen molar-refractivity contribution in [2.24, 2.45) is 5.92 Å². The average molecular weight is 947 g/mol. The Kier molecular flexibility index (Phi) is 8.71. The van der Waals surface area contributed by atoms with Crippen molar-refractivity contribution >= 4 is 108 Å². The molecule has 4 nitrogen and oxygen atoms in total. The van der Waals surface area contributed by atoms with Gasteiger partial charge >= 0.3 is 0 Å². The molecule has 16 rings (SSSR count). The zero-order chi connectivity index (χ0) is 47.7. The van der Waals surface area contributed by atoms with E-state index in [1.165, 1.54) is 90.8 Å². The molecule has 14 aromatic rings. The van der Waals surface area contributed by atoms with Gasteiger partial charge in [0.2, 0.25) is 5.95 Å². The van der Waals surface area contributed by atoms with Crippen molar-refractivity contribution < 1.29 is 0 Å². The second-order valence-corrected chi connectivity index (χ2v) is 20.7. The lowest BCUT2D eigenvalue weighted by atomic mass is 9.76. The summed E-state index contributed by atoms with van der Waals surface area (Å²) in [5.74, 6) is 0.772. The summed E-state index contributed by atoms with van der Waals surface area (Å²) in [6.07, 6.45) is 11.4. The summed E-state index contributed by atoms with van der Waals surface area (Å²) in [6, 6.07) is 78.0. The molecule has 2 atom stereocenters. The molecule has 2 aliphatic rings. The fourth-order valence-electron chi connectivity index (χ4n) is 12.4. The van der Waals surface area contributed by atoms with Gasteiger partial charge in [-0.2, -0.15) is 0 Å². The van der Waals surface area contributed by atoms with Crippen molar-refractivity contribution in [3.8, 4) is 34.0 Å². The van der Waals surface area contributed by atoms with E-state index in [4.69, 9.17) is 9.97 Å². The van der Waals surface area contributed by atoms with Crippen LogP contribution in [0.25, 0.3) is 131 Å². The smallest absolute Gasteiger partial charge is 0.235 e. The normalized spacial score (nSPS) is 15.4. The molecule has 0 amide bonds. The van der Waals surface area contributed by atoms with Crippen molar-refractivity contribution in [1.29, 1.82) is 0 Å². The Bertz CT molecular complexity index is 4890. The summed E-state index contributed by atoms with van der Waals surface area (Å²) in [5.41, 5.74) is 12.4. The zero-order valence-electron chi connectivity index (χ0n) is 39.4. The monoisotopic (exact) mass is 946 g/mol. The third kappa shape index (κ3) is 6.13. The van der Waals surface area contributed by atoms with Crippen molar-refractivity contribution in [2.45, 2.75) is 5.92 Å². The van der Waals surface area contributed by atoms with Crippen LogP contribution in [0, 0.1) is 5.92 Å². The average Bonchev–Trinajstić information content (AvgIpc) is 4.11. The summed E-state index contributed by atoms with van der Waals surface area (Å²) in [4.78, 5) is 11.3. The second-order valence-electron chi connectivity index (χ2n) is 19.6. The van der Waals surface area contributed by atoms with E-state index in [0.29, 0.717) is 5.95 Å². The number of rotatable bonds is 5. The molecule has 0 bridgehead atoms. The largest absolute Gasteiger partial charge is 0.309 e. The first-order valence-corrected chi connectivity index (χ1v) is 25.9. The van der Waals surface area contributed by atoms with Gasteiger partial charge in [0.15, 0.2) is 0 Å². The molecule has 340 valence electrons. The molecule has 1 unspecified atom stereocenters. The molecule has 0 N–H and O–H groups in total. The molecule has 73 heavy (non-hydrogen) atoms. The van der Waals surface area contributed by atoms with Gasteiger partial charge in [0.05, 0.1) is 33.5 Å². The first-order valence-electron chi connectivity index (χ1n) is 25.1. The number of thiophene rings is 1. The molecule has 0 saturated carbocycles. The van der Waals surface area contributed by atoms with Gasteiger partial charge in [-0.3, -0.25) is 4.57 Å². The fourth-order valence-corrected chi connectivity index (χ4v) is 13.5. The van der Waals surface area contributed by atoms with Crippen LogP contribution in [0.15, 0.2) is 237 Å². The maximum Gasteiger partial charge on any atom is 0.235 e. The quantitative estimate of drug-likeness (QED) is 0.161. The molecule has 0 saturated heterocycles. The van der Waals surface area contributed by atoms with Crippen LogP contribution in [0.3, 0.4) is 0 Å². The third-order valence-electron chi connectivity index (χ3n) is 15.7. The van der Waals surface area contributed by atoms with Crippen LogP contribution >= 0.6 is 11.3 Å². The fraction of sp³-hybridized carbons (Fsp3) is 0.0294. The molecular formula is C68H42N4S. The predicted molar refractivity (Wildman–Crippen MR) is 308 cm³/mol. The van der Waals surface area contributed by atoms with Gasteiger partial charge in [-0.05, 0) is 121 Å². The summed E-state index contributed by atoms with van der Waals surface area (Å²) >= 11 is 1.86. The molecule has 4 heterocycles. The molecule has 2 aliphatic carbocycles. The molecule has 5 heteroatoms. The highest BCUT2D eigenvalue weighted by Crippen LogP contribution is 2.43. The van der Waals surface area contributed by atoms with Gasteiger partial charge in [0.1, 0.15) is 0 Å². The van der Waals surface area contributed by atoms with E-state index in [0.717, 1.165) is 44.3 Å². The lowest BCUT2D eigenvalue weighted by Crippen LogP contribution is -2.35. The first-order chi connectivity index (χ1) is 36.2. The molecule has 0 aliphatic heterocycles. The first kappa shape index (κ1) is 40.6. The van der Waals surface area contributed by atoms with Crippen molar-refractivity contribution in [2.75, 3.05) is 0 Å². The highest BCUT2D eigenvalue weighted by Gasteiger charge is 2.29. The van der Waals surface area contributed by atoms with Gasteiger partial charge in [0, 0.05) is 64.8 Å². The van der Waals surface area contributed by atoms with Crippen LogP contribution < -0.4 is 10.4 Å². The number of hydrogen-bond donors (Lipinski definition) is 0. The van der Waals surface area contributed by atoms with Gasteiger partial charge < -0.3 is 4.57 Å². The summed E-state index contributed by atoms with van der Waals surface area (Å²) in [6.45, 7) is 0. The molecule has 0 fully saturated rings. The number of allylic oxidation sites excluding steroid dienone is 4. The molecule has 4 aromatic heterocycles. The zero-order valence-corrected chi connectivity index (χ0v) is 40.3. The van der Waals surface area contributed by atoms with Gasteiger partial charge in [0.25, 0.3) is 0 Å². The van der Waals surface area contributed by atoms with Crippen LogP contribution in [0.5, 0.6) is 0 Å². The van der Waals surface area contributed by atoms with Crippen LogP contribution in [0.4, 0.5) is 0 Å². The van der Waals surface area contributed by atoms with Crippen molar-refractivity contribution in [3.63, 3.8) is 0 Å². The van der Waals surface area contributed by atoms with Crippen molar-refractivity contribution in [1.82, 2.24) is 19.1 Å². The Morgan fingerprint density at radius 1 is 0.411 bits per heavy atom. The van der Waals surface area contributed by atoms with Crippen LogP contribution in [-0.4, -0.2) is 19.1 Å². The van der Waals surface area contributed by atoms with Crippen LogP contribution in [0.1, 0.15) is 11.6 Å². The summed E-state index contributed by atoms with van der Waals surface area (Å²) in [7, 11) is 0. The van der Waals surface area contributed by atoms with E-state index in [9.17, 15) is 0 Å². The number of fused-ring (bicyclic) bond motifs is 14. The van der Waals surface area contributed by atoms with E-state index in [-0.39, 0.29) is 11.8 Å². The van der Waals surface area contributed by atoms with Crippen LogP contribution in [-0.2, 0) is 0 Å². The van der Waals surface area contributed by atoms with Crippen molar-refractivity contribution in [3.05, 3.63) is 253 Å². The minimum Gasteiger partial charge on any atom is -0.309 e. The number of para-hydroxylation sites is 2. The Morgan fingerprint density at radius 3 is 1.85 bits per heavy atom. The Hall–Kier alpha value is -9.16. The number of aromatic nitrogens is 4. The number of hydrogen-bond acceptors (Lipinski definition) is 3. The van der Waals surface area contributed by atoms with Gasteiger partial charge in [-0.1, -0.05) is 170 Å². The lowest BCUT2D eigenvalue weighted by molar-refractivity contribution is 0.712. The van der Waals surface area contributed by atoms with Gasteiger partial charge in [-0.25, -0.2) is 9.97 Å². The van der Waals surface area contributed by atoms with E-state index < -0.39 is 0 Å². The number of benzene rings is 10. The maximum atomic E-state index is 5.68. The molecular weight excluding hydrogens is 905 g/mol. The van der Waals surface area contributed by atoms with Gasteiger partial charge in [-0.15, -0.1) is 11.3 Å². The predicted octanol–water partition coefficient (Wildman–Crippen LogP) is 16.1. The highest BCUT2D eigenvalue weighted by molar-refractivity contribution is 7.25. The minimum absolute atomic E-state index is 0.0164. The van der Waals surface area contributed by atoms with Crippen LogP contribution in [0.2, 0.25) is 0 Å². The van der Waals surface area contributed by atoms with E-state index in [1.54, 1.807) is 0 Å². The molecule has 10 aromatic carbocycles. The molecule has 0 spiro atoms.